The van der Waals surface area contributed by atoms with E-state index in [-0.39, 0.29) is 0 Å². The number of hydrogen-bond donors (Lipinski definition) is 0. The van der Waals surface area contributed by atoms with Crippen molar-refractivity contribution >= 4 is 81.2 Å². The Morgan fingerprint density at radius 2 is 1.50 bits per heavy atom. The molecular weight excluding hydrogens is 455 g/mol. The van der Waals surface area contributed by atoms with Crippen molar-refractivity contribution in [1.82, 2.24) is 0 Å². The molecule has 0 bridgehead atoms. The van der Waals surface area contributed by atoms with E-state index in [0.717, 1.165) is 58.9 Å². The molecule has 0 nitrogen and oxygen atoms in total. The van der Waals surface area contributed by atoms with Crippen LogP contribution >= 0.6 is 0 Å². The molecule has 0 saturated carbocycles. The number of hydrogen-bond acceptors (Lipinski definition) is 0. The Morgan fingerprint density at radius 1 is 1.00 bits per heavy atom. The van der Waals surface area contributed by atoms with Crippen molar-refractivity contribution in [1.29, 1.82) is 0 Å². The monoisotopic (exact) mass is 464 g/mol. The van der Waals surface area contributed by atoms with Crippen LogP contribution in [0.5, 0.6) is 0 Å². The van der Waals surface area contributed by atoms with Crippen LogP contribution in [0.2, 0.25) is 10.6 Å². The molecule has 5 heteroatoms. The van der Waals surface area contributed by atoms with Gasteiger partial charge < -0.3 is 0 Å². The Hall–Kier alpha value is 2.21. The molecule has 10 heavy (non-hydrogen) atoms. The summed E-state index contributed by atoms with van der Waals surface area (Å²) < 4.78 is 5.62. The van der Waals surface area contributed by atoms with Crippen LogP contribution in [0.15, 0.2) is 0 Å². The zero-order valence-electron chi connectivity index (χ0n) is 4.96. The van der Waals surface area contributed by atoms with E-state index in [9.17, 15) is 0 Å². The maximum absolute atomic E-state index is 3.25. The second-order valence-corrected chi connectivity index (χ2v) is 18.1. The molecular formula is C5H4Se5. The standard InChI is InChI=1S/C5H4Se5/c6-5-9-3-4(10-5)8-2-1-7-3/h1-2H2. The second kappa shape index (κ2) is 3.94. The summed E-state index contributed by atoms with van der Waals surface area (Å²) in [5.41, 5.74) is 0. The third-order valence-corrected chi connectivity index (χ3v) is 19.0. The summed E-state index contributed by atoms with van der Waals surface area (Å²) in [4.78, 5) is 0. The van der Waals surface area contributed by atoms with E-state index < -0.39 is 0 Å². The van der Waals surface area contributed by atoms with Gasteiger partial charge in [-0.1, -0.05) is 0 Å². The van der Waals surface area contributed by atoms with Gasteiger partial charge in [0.2, 0.25) is 0 Å². The molecule has 2 rings (SSSR count). The maximum atomic E-state index is 3.25. The molecule has 1 aliphatic rings. The SMILES string of the molecule is [Se]=c1[se]c2c([se]1)[Se]CC[Se]2. The molecule has 0 aliphatic carbocycles. The fraction of sp³-hybridized carbons (Fsp3) is 0.400. The van der Waals surface area contributed by atoms with Gasteiger partial charge in [-0.2, -0.15) is 0 Å². The zero-order valence-corrected chi connectivity index (χ0v) is 13.5. The number of fused-ring (bicyclic) bond motifs is 1. The van der Waals surface area contributed by atoms with Crippen LogP contribution in [0.4, 0.5) is 0 Å². The van der Waals surface area contributed by atoms with Gasteiger partial charge in [0.15, 0.2) is 0 Å². The van der Waals surface area contributed by atoms with Gasteiger partial charge >= 0.3 is 93.6 Å². The van der Waals surface area contributed by atoms with Crippen LogP contribution in [0, 0.1) is 1.81 Å². The van der Waals surface area contributed by atoms with E-state index in [4.69, 9.17) is 0 Å². The average molecular weight is 459 g/mol. The van der Waals surface area contributed by atoms with E-state index in [1.807, 2.05) is 6.67 Å². The molecule has 0 N–H and O–H groups in total. The molecule has 0 fully saturated rings. The summed E-state index contributed by atoms with van der Waals surface area (Å²) in [6.07, 6.45) is 0. The fourth-order valence-corrected chi connectivity index (χ4v) is 24.4. The van der Waals surface area contributed by atoms with Crippen molar-refractivity contribution in [3.8, 4) is 0 Å². The van der Waals surface area contributed by atoms with Gasteiger partial charge in [0.25, 0.3) is 0 Å². The first-order valence-corrected chi connectivity index (χ1v) is 11.2. The summed E-state index contributed by atoms with van der Waals surface area (Å²) in [5, 5.41) is 3.11. The first-order chi connectivity index (χ1) is 4.86. The Bertz CT molecular complexity index is 256. The van der Waals surface area contributed by atoms with Crippen LogP contribution in [0.1, 0.15) is 0 Å². The topological polar surface area (TPSA) is 0 Å². The van der Waals surface area contributed by atoms with E-state index >= 15 is 0 Å². The summed E-state index contributed by atoms with van der Waals surface area (Å²) in [6.45, 7) is 0. The summed E-state index contributed by atoms with van der Waals surface area (Å²) in [6, 6.07) is 0. The van der Waals surface area contributed by atoms with Crippen molar-refractivity contribution in [3.05, 3.63) is 1.81 Å². The third kappa shape index (κ3) is 1.92. The van der Waals surface area contributed by atoms with Crippen molar-refractivity contribution in [2.75, 3.05) is 0 Å². The third-order valence-electron chi connectivity index (χ3n) is 1.07. The Labute approximate surface area is 92.3 Å². The molecule has 0 unspecified atom stereocenters. The summed E-state index contributed by atoms with van der Waals surface area (Å²) in [5.74, 6) is 0. The van der Waals surface area contributed by atoms with Crippen molar-refractivity contribution in [2.45, 2.75) is 10.6 Å². The Balaban J connectivity index is 2.50. The molecule has 0 atom stereocenters. The molecule has 0 aromatic carbocycles. The van der Waals surface area contributed by atoms with E-state index in [0.29, 0.717) is 0 Å². The van der Waals surface area contributed by atoms with Crippen LogP contribution in [0.3, 0.4) is 0 Å². The summed E-state index contributed by atoms with van der Waals surface area (Å²) in [7, 11) is 0. The second-order valence-electron chi connectivity index (χ2n) is 1.73. The quantitative estimate of drug-likeness (QED) is 0.395. The molecule has 1 aromatic rings. The molecule has 1 aliphatic heterocycles. The van der Waals surface area contributed by atoms with Crippen molar-refractivity contribution < 1.29 is 0 Å². The normalized spacial score (nSPS) is 16.8. The van der Waals surface area contributed by atoms with Crippen LogP contribution in [-0.2, 0) is 0 Å². The van der Waals surface area contributed by atoms with Gasteiger partial charge in [-0.15, -0.1) is 0 Å². The van der Waals surface area contributed by atoms with Gasteiger partial charge in [0.1, 0.15) is 0 Å². The Kier molecular flexibility index (Phi) is 3.47. The zero-order chi connectivity index (χ0) is 6.97. The minimum absolute atomic E-state index is 0.831. The molecule has 2 heterocycles. The number of rotatable bonds is 0. The van der Waals surface area contributed by atoms with E-state index in [1.54, 1.807) is 12.4 Å². The van der Waals surface area contributed by atoms with Crippen LogP contribution < -0.4 is 6.67 Å². The molecule has 0 radical (unpaired) electrons. The van der Waals surface area contributed by atoms with Crippen LogP contribution in [0.25, 0.3) is 0 Å². The van der Waals surface area contributed by atoms with Crippen LogP contribution in [-0.4, -0.2) is 74.5 Å². The van der Waals surface area contributed by atoms with Gasteiger partial charge in [-0.25, -0.2) is 0 Å². The van der Waals surface area contributed by atoms with E-state index in [2.05, 4.69) is 15.6 Å². The molecule has 0 saturated heterocycles. The van der Waals surface area contributed by atoms with Gasteiger partial charge in [0, 0.05) is 0 Å². The van der Waals surface area contributed by atoms with Crippen molar-refractivity contribution in [3.63, 3.8) is 0 Å². The van der Waals surface area contributed by atoms with Crippen molar-refractivity contribution in [2.24, 2.45) is 0 Å². The Morgan fingerprint density at radius 3 is 2.00 bits per heavy atom. The summed E-state index contributed by atoms with van der Waals surface area (Å²) >= 11 is 6.77. The first-order valence-electron chi connectivity index (χ1n) is 2.76. The van der Waals surface area contributed by atoms with E-state index in [1.165, 1.54) is 0 Å². The predicted molar refractivity (Wildman–Crippen MR) is 49.7 cm³/mol. The van der Waals surface area contributed by atoms with Gasteiger partial charge in [0.05, 0.1) is 0 Å². The molecule has 1 aromatic heterocycles. The average Bonchev–Trinajstić information content (AvgIpc) is 2.27. The minimum atomic E-state index is 0.831. The van der Waals surface area contributed by atoms with Gasteiger partial charge in [-0.05, 0) is 0 Å². The molecule has 0 amide bonds. The molecule has 54 valence electrons. The first kappa shape index (κ1) is 8.79. The molecule has 0 spiro atoms. The van der Waals surface area contributed by atoms with Gasteiger partial charge in [-0.3, -0.25) is 0 Å². The fourth-order valence-electron chi connectivity index (χ4n) is 0.701. The predicted octanol–water partition coefficient (Wildman–Crippen LogP) is -1.99.